The van der Waals surface area contributed by atoms with Gasteiger partial charge in [0.2, 0.25) is 5.82 Å². The molecule has 0 spiro atoms. The Kier molecular flexibility index (Phi) is 8.55. The molecule has 0 amide bonds. The van der Waals surface area contributed by atoms with Crippen molar-refractivity contribution in [3.63, 3.8) is 0 Å². The van der Waals surface area contributed by atoms with E-state index in [1.165, 1.54) is 44.2 Å². The number of halogens is 5. The summed E-state index contributed by atoms with van der Waals surface area (Å²) in [4.78, 5) is 0. The summed E-state index contributed by atoms with van der Waals surface area (Å²) >= 11 is 0. The summed E-state index contributed by atoms with van der Waals surface area (Å²) in [6, 6.07) is 6.70. The smallest absolute Gasteiger partial charge is 0.416 e. The summed E-state index contributed by atoms with van der Waals surface area (Å²) in [6.07, 6.45) is 6.30. The van der Waals surface area contributed by atoms with Crippen LogP contribution in [-0.4, -0.2) is 6.61 Å². The molecule has 1 aliphatic carbocycles. The minimum atomic E-state index is -4.48. The molecule has 0 radical (unpaired) electrons. The van der Waals surface area contributed by atoms with Crippen molar-refractivity contribution in [3.05, 3.63) is 53.6 Å². The number of hydrogen-bond donors (Lipinski definition) is 0. The van der Waals surface area contributed by atoms with Crippen molar-refractivity contribution >= 4 is 0 Å². The second-order valence-corrected chi connectivity index (χ2v) is 8.86. The molecule has 0 saturated heterocycles. The minimum absolute atomic E-state index is 0.0906. The highest BCUT2D eigenvalue weighted by atomic mass is 19.4. The van der Waals surface area contributed by atoms with Gasteiger partial charge in [0.25, 0.3) is 0 Å². The number of unbranched alkanes of at least 4 members (excludes halogenated alkanes) is 3. The fourth-order valence-corrected chi connectivity index (χ4v) is 4.46. The van der Waals surface area contributed by atoms with Crippen molar-refractivity contribution in [1.29, 1.82) is 0 Å². The molecule has 2 aromatic rings. The average molecular weight is 455 g/mol. The van der Waals surface area contributed by atoms with E-state index in [2.05, 4.69) is 6.92 Å². The van der Waals surface area contributed by atoms with Crippen LogP contribution in [0.2, 0.25) is 0 Å². The van der Waals surface area contributed by atoms with E-state index >= 15 is 0 Å². The Morgan fingerprint density at radius 2 is 1.47 bits per heavy atom. The van der Waals surface area contributed by atoms with E-state index in [9.17, 15) is 22.0 Å². The van der Waals surface area contributed by atoms with Crippen LogP contribution in [0, 0.1) is 23.5 Å². The molecule has 1 nitrogen and oxygen atoms in total. The van der Waals surface area contributed by atoms with Crippen LogP contribution in [0.4, 0.5) is 22.0 Å². The zero-order chi connectivity index (χ0) is 23.1. The molecule has 0 aromatic heterocycles. The predicted molar refractivity (Wildman–Crippen MR) is 116 cm³/mol. The topological polar surface area (TPSA) is 9.23 Å². The first-order valence-corrected chi connectivity index (χ1v) is 11.6. The van der Waals surface area contributed by atoms with Crippen LogP contribution in [0.3, 0.4) is 0 Å². The van der Waals surface area contributed by atoms with E-state index in [-0.39, 0.29) is 16.9 Å². The summed E-state index contributed by atoms with van der Waals surface area (Å²) in [5.74, 6) is -1.27. The molecule has 0 unspecified atom stereocenters. The number of hydrogen-bond acceptors (Lipinski definition) is 1. The molecule has 176 valence electrons. The van der Waals surface area contributed by atoms with E-state index in [4.69, 9.17) is 4.74 Å². The maximum atomic E-state index is 14.6. The van der Waals surface area contributed by atoms with Gasteiger partial charge in [-0.15, -0.1) is 0 Å². The Hall–Kier alpha value is -2.11. The molecule has 6 heteroatoms. The van der Waals surface area contributed by atoms with Crippen LogP contribution in [0.5, 0.6) is 5.75 Å². The number of alkyl halides is 3. The third-order valence-corrected chi connectivity index (χ3v) is 6.48. The Labute approximate surface area is 187 Å². The molecule has 3 rings (SSSR count). The Balaban J connectivity index is 1.54. The molecule has 1 aliphatic rings. The van der Waals surface area contributed by atoms with Gasteiger partial charge in [0.1, 0.15) is 0 Å². The van der Waals surface area contributed by atoms with Crippen molar-refractivity contribution in [2.75, 3.05) is 6.61 Å². The van der Waals surface area contributed by atoms with Crippen LogP contribution >= 0.6 is 0 Å². The van der Waals surface area contributed by atoms with E-state index in [1.807, 2.05) is 0 Å². The molecular weight excluding hydrogens is 423 g/mol. The molecule has 0 N–H and O–H groups in total. The van der Waals surface area contributed by atoms with Gasteiger partial charge in [0.05, 0.1) is 12.2 Å². The lowest BCUT2D eigenvalue weighted by Crippen LogP contribution is -2.20. The minimum Gasteiger partial charge on any atom is -0.490 e. The standard InChI is InChI=1S/C26H31F5O/c1-2-3-4-5-6-18-7-9-19(10-8-18)17-32-23-16-15-22(24(27)25(23)28)20-11-13-21(14-12-20)26(29,30)31/h11-16,18-19H,2-10,17H2,1H3. The SMILES string of the molecule is CCCCCCC1CCC(COc2ccc(-c3ccc(C(F)(F)F)cc3)c(F)c2F)CC1. The van der Waals surface area contributed by atoms with E-state index < -0.39 is 23.4 Å². The summed E-state index contributed by atoms with van der Waals surface area (Å²) in [7, 11) is 0. The maximum Gasteiger partial charge on any atom is 0.416 e. The third kappa shape index (κ3) is 6.46. The van der Waals surface area contributed by atoms with Crippen LogP contribution in [0.25, 0.3) is 11.1 Å². The lowest BCUT2D eigenvalue weighted by atomic mass is 9.80. The van der Waals surface area contributed by atoms with Gasteiger partial charge in [-0.1, -0.05) is 64.0 Å². The van der Waals surface area contributed by atoms with Crippen molar-refractivity contribution in [2.24, 2.45) is 11.8 Å². The Morgan fingerprint density at radius 3 is 2.09 bits per heavy atom. The zero-order valence-corrected chi connectivity index (χ0v) is 18.5. The lowest BCUT2D eigenvalue weighted by Gasteiger charge is -2.28. The average Bonchev–Trinajstić information content (AvgIpc) is 2.78. The summed E-state index contributed by atoms with van der Waals surface area (Å²) in [5, 5.41) is 0. The van der Waals surface area contributed by atoms with Crippen molar-refractivity contribution in [1.82, 2.24) is 0 Å². The summed E-state index contributed by atoms with van der Waals surface area (Å²) < 4.78 is 72.9. The second kappa shape index (κ2) is 11.2. The number of rotatable bonds is 9. The first-order valence-electron chi connectivity index (χ1n) is 11.6. The second-order valence-electron chi connectivity index (χ2n) is 8.86. The van der Waals surface area contributed by atoms with Gasteiger partial charge < -0.3 is 4.74 Å². The molecule has 32 heavy (non-hydrogen) atoms. The lowest BCUT2D eigenvalue weighted by molar-refractivity contribution is -0.137. The molecule has 0 atom stereocenters. The first kappa shape index (κ1) is 24.5. The van der Waals surface area contributed by atoms with Crippen LogP contribution in [0.15, 0.2) is 36.4 Å². The highest BCUT2D eigenvalue weighted by Crippen LogP contribution is 2.35. The normalized spacial score (nSPS) is 19.2. The molecule has 0 bridgehead atoms. The van der Waals surface area contributed by atoms with Crippen LogP contribution in [0.1, 0.15) is 70.3 Å². The quantitative estimate of drug-likeness (QED) is 0.272. The molecule has 0 aliphatic heterocycles. The summed E-state index contributed by atoms with van der Waals surface area (Å²) in [5.41, 5.74) is -0.747. The van der Waals surface area contributed by atoms with E-state index in [0.29, 0.717) is 12.5 Å². The van der Waals surface area contributed by atoms with E-state index in [1.54, 1.807) is 0 Å². The van der Waals surface area contributed by atoms with Gasteiger partial charge in [-0.05, 0) is 54.5 Å². The maximum absolute atomic E-state index is 14.6. The fraction of sp³-hybridized carbons (Fsp3) is 0.538. The zero-order valence-electron chi connectivity index (χ0n) is 18.5. The predicted octanol–water partition coefficient (Wildman–Crippen LogP) is 8.81. The van der Waals surface area contributed by atoms with Gasteiger partial charge in [0, 0.05) is 5.56 Å². The number of ether oxygens (including phenoxy) is 1. The molecule has 0 heterocycles. The third-order valence-electron chi connectivity index (χ3n) is 6.48. The Bertz CT molecular complexity index is 852. The largest absolute Gasteiger partial charge is 0.490 e. The van der Waals surface area contributed by atoms with Gasteiger partial charge in [0.15, 0.2) is 11.6 Å². The highest BCUT2D eigenvalue weighted by Gasteiger charge is 2.30. The molecular formula is C26H31F5O. The molecule has 1 fully saturated rings. The van der Waals surface area contributed by atoms with Gasteiger partial charge >= 0.3 is 6.18 Å². The fourth-order valence-electron chi connectivity index (χ4n) is 4.46. The van der Waals surface area contributed by atoms with Gasteiger partial charge in [-0.3, -0.25) is 0 Å². The summed E-state index contributed by atoms with van der Waals surface area (Å²) in [6.45, 7) is 2.56. The monoisotopic (exact) mass is 454 g/mol. The van der Waals surface area contributed by atoms with Crippen LogP contribution in [-0.2, 0) is 6.18 Å². The van der Waals surface area contributed by atoms with Gasteiger partial charge in [-0.2, -0.15) is 17.6 Å². The molecule has 1 saturated carbocycles. The first-order chi connectivity index (χ1) is 15.3. The Morgan fingerprint density at radius 1 is 0.812 bits per heavy atom. The van der Waals surface area contributed by atoms with Crippen molar-refractivity contribution in [3.8, 4) is 16.9 Å². The molecule has 2 aromatic carbocycles. The van der Waals surface area contributed by atoms with Crippen LogP contribution < -0.4 is 4.74 Å². The highest BCUT2D eigenvalue weighted by molar-refractivity contribution is 5.65. The van der Waals surface area contributed by atoms with Gasteiger partial charge in [-0.25, -0.2) is 4.39 Å². The van der Waals surface area contributed by atoms with Crippen molar-refractivity contribution < 1.29 is 26.7 Å². The van der Waals surface area contributed by atoms with E-state index in [0.717, 1.165) is 55.9 Å². The van der Waals surface area contributed by atoms with Crippen molar-refractivity contribution in [2.45, 2.75) is 70.9 Å². The number of benzene rings is 2.